The largest absolute Gasteiger partial charge is 0.399 e. The van der Waals surface area contributed by atoms with Gasteiger partial charge in [0.15, 0.2) is 0 Å². The molecule has 1 aromatic heterocycles. The lowest BCUT2D eigenvalue weighted by Gasteiger charge is -2.35. The lowest BCUT2D eigenvalue weighted by atomic mass is 9.94. The van der Waals surface area contributed by atoms with Gasteiger partial charge in [-0.3, -0.25) is 9.78 Å². The Labute approximate surface area is 122 Å². The summed E-state index contributed by atoms with van der Waals surface area (Å²) in [6.45, 7) is 4.85. The Morgan fingerprint density at radius 2 is 2.29 bits per heavy atom. The molecule has 3 rings (SSSR count). The van der Waals surface area contributed by atoms with Crippen molar-refractivity contribution in [2.75, 3.05) is 17.7 Å². The molecule has 1 aromatic carbocycles. The predicted octanol–water partition coefficient (Wildman–Crippen LogP) is 1.87. The smallest absolute Gasteiger partial charge is 0.260 e. The van der Waals surface area contributed by atoms with Crippen molar-refractivity contribution in [3.63, 3.8) is 0 Å². The van der Waals surface area contributed by atoms with E-state index in [1.807, 2.05) is 0 Å². The van der Waals surface area contributed by atoms with Crippen LogP contribution in [0.3, 0.4) is 0 Å². The number of aromatic amines is 1. The monoisotopic (exact) mass is 288 g/mol. The summed E-state index contributed by atoms with van der Waals surface area (Å²) in [6.07, 6.45) is 1.77. The third kappa shape index (κ3) is 3.00. The molecule has 21 heavy (non-hydrogen) atoms. The second-order valence-corrected chi connectivity index (χ2v) is 6.13. The van der Waals surface area contributed by atoms with Crippen LogP contribution < -0.4 is 16.6 Å². The van der Waals surface area contributed by atoms with Gasteiger partial charge in [-0.1, -0.05) is 0 Å². The summed E-state index contributed by atoms with van der Waals surface area (Å²) < 4.78 is 5.69. The van der Waals surface area contributed by atoms with Gasteiger partial charge in [-0.25, -0.2) is 4.98 Å². The van der Waals surface area contributed by atoms with E-state index in [0.29, 0.717) is 29.1 Å². The van der Waals surface area contributed by atoms with Crippen LogP contribution in [0.5, 0.6) is 0 Å². The van der Waals surface area contributed by atoms with Gasteiger partial charge in [-0.2, -0.15) is 0 Å². The number of fused-ring (bicyclic) bond motifs is 1. The first-order valence-electron chi connectivity index (χ1n) is 7.13. The van der Waals surface area contributed by atoms with Gasteiger partial charge < -0.3 is 15.8 Å². The number of H-pyrrole nitrogens is 1. The second-order valence-electron chi connectivity index (χ2n) is 6.13. The summed E-state index contributed by atoms with van der Waals surface area (Å²) in [5, 5.41) is 3.81. The third-order valence-electron chi connectivity index (χ3n) is 3.77. The Bertz CT molecular complexity index is 723. The maximum absolute atomic E-state index is 12.1. The first kappa shape index (κ1) is 13.9. The summed E-state index contributed by atoms with van der Waals surface area (Å²) in [5.41, 5.74) is 6.57. The highest BCUT2D eigenvalue weighted by Gasteiger charge is 2.29. The van der Waals surface area contributed by atoms with E-state index in [2.05, 4.69) is 29.1 Å². The molecule has 0 bridgehead atoms. The van der Waals surface area contributed by atoms with Crippen LogP contribution in [0.2, 0.25) is 0 Å². The summed E-state index contributed by atoms with van der Waals surface area (Å²) in [4.78, 5) is 19.3. The van der Waals surface area contributed by atoms with Crippen molar-refractivity contribution in [3.8, 4) is 0 Å². The molecule has 0 radical (unpaired) electrons. The molecule has 0 aliphatic carbocycles. The van der Waals surface area contributed by atoms with Gasteiger partial charge in [-0.15, -0.1) is 0 Å². The van der Waals surface area contributed by atoms with Crippen molar-refractivity contribution in [2.24, 2.45) is 0 Å². The van der Waals surface area contributed by atoms with Gasteiger partial charge in [0.05, 0.1) is 16.5 Å². The first-order chi connectivity index (χ1) is 9.93. The van der Waals surface area contributed by atoms with Gasteiger partial charge >= 0.3 is 0 Å². The van der Waals surface area contributed by atoms with E-state index in [9.17, 15) is 4.79 Å². The Balaban J connectivity index is 1.88. The van der Waals surface area contributed by atoms with Crippen molar-refractivity contribution < 1.29 is 4.74 Å². The number of hydrogen-bond donors (Lipinski definition) is 3. The van der Waals surface area contributed by atoms with E-state index in [1.165, 1.54) is 0 Å². The molecule has 1 fully saturated rings. The van der Waals surface area contributed by atoms with Crippen LogP contribution in [-0.2, 0) is 4.74 Å². The zero-order chi connectivity index (χ0) is 15.0. The lowest BCUT2D eigenvalue weighted by Crippen LogP contribution is -2.40. The van der Waals surface area contributed by atoms with E-state index in [1.54, 1.807) is 18.2 Å². The highest BCUT2D eigenvalue weighted by atomic mass is 16.5. The Kier molecular flexibility index (Phi) is 3.33. The quantitative estimate of drug-likeness (QED) is 0.734. The van der Waals surface area contributed by atoms with Crippen LogP contribution in [0.15, 0.2) is 23.0 Å². The molecule has 2 aromatic rings. The normalized spacial score (nSPS) is 21.3. The molecule has 6 nitrogen and oxygen atoms in total. The molecule has 1 atom stereocenters. The minimum absolute atomic E-state index is 0.151. The van der Waals surface area contributed by atoms with Crippen molar-refractivity contribution in [1.82, 2.24) is 9.97 Å². The molecule has 6 heteroatoms. The van der Waals surface area contributed by atoms with Crippen molar-refractivity contribution >= 4 is 22.5 Å². The number of hydrogen-bond acceptors (Lipinski definition) is 5. The van der Waals surface area contributed by atoms with Gasteiger partial charge in [0.25, 0.3) is 5.56 Å². The Morgan fingerprint density at radius 1 is 1.48 bits per heavy atom. The Hall–Kier alpha value is -2.08. The van der Waals surface area contributed by atoms with Crippen LogP contribution in [0.4, 0.5) is 11.6 Å². The average molecular weight is 288 g/mol. The molecule has 1 aliphatic heterocycles. The maximum Gasteiger partial charge on any atom is 0.260 e. The van der Waals surface area contributed by atoms with Crippen molar-refractivity contribution in [1.29, 1.82) is 0 Å². The average Bonchev–Trinajstić information content (AvgIpc) is 2.38. The number of nitrogens with one attached hydrogen (secondary N) is 2. The number of nitrogens with zero attached hydrogens (tertiary/aromatic N) is 1. The van der Waals surface area contributed by atoms with Gasteiger partial charge in [-0.05, 0) is 44.9 Å². The minimum atomic E-state index is -0.180. The minimum Gasteiger partial charge on any atom is -0.399 e. The molecule has 1 unspecified atom stereocenters. The molecule has 0 amide bonds. The fraction of sp³-hybridized carbons (Fsp3) is 0.467. The van der Waals surface area contributed by atoms with Gasteiger partial charge in [0.2, 0.25) is 5.95 Å². The topological polar surface area (TPSA) is 93.0 Å². The SMILES string of the molecule is CC1(C)CC(Nc2nc3ccc(N)cc3c(=O)[nH]2)CCO1. The van der Waals surface area contributed by atoms with Crippen molar-refractivity contribution in [3.05, 3.63) is 28.6 Å². The van der Waals surface area contributed by atoms with Gasteiger partial charge in [0, 0.05) is 18.3 Å². The number of rotatable bonds is 2. The van der Waals surface area contributed by atoms with E-state index in [-0.39, 0.29) is 17.2 Å². The molecular formula is C15H20N4O2. The highest BCUT2D eigenvalue weighted by Crippen LogP contribution is 2.25. The van der Waals surface area contributed by atoms with Gasteiger partial charge in [0.1, 0.15) is 0 Å². The van der Waals surface area contributed by atoms with Crippen LogP contribution in [0, 0.1) is 0 Å². The highest BCUT2D eigenvalue weighted by molar-refractivity contribution is 5.81. The summed E-state index contributed by atoms with van der Waals surface area (Å²) in [5.74, 6) is 0.500. The molecule has 0 saturated carbocycles. The number of ether oxygens (including phenoxy) is 1. The van der Waals surface area contributed by atoms with Crippen LogP contribution in [0.25, 0.3) is 10.9 Å². The number of benzene rings is 1. The number of nitrogens with two attached hydrogens (primary N) is 1. The fourth-order valence-corrected chi connectivity index (χ4v) is 2.77. The molecular weight excluding hydrogens is 268 g/mol. The molecule has 1 aliphatic rings. The molecule has 4 N–H and O–H groups in total. The molecule has 2 heterocycles. The van der Waals surface area contributed by atoms with E-state index in [0.717, 1.165) is 12.8 Å². The van der Waals surface area contributed by atoms with Crippen LogP contribution in [-0.4, -0.2) is 28.2 Å². The lowest BCUT2D eigenvalue weighted by molar-refractivity contribution is -0.0553. The summed E-state index contributed by atoms with van der Waals surface area (Å²) >= 11 is 0. The molecule has 1 saturated heterocycles. The van der Waals surface area contributed by atoms with E-state index in [4.69, 9.17) is 10.5 Å². The summed E-state index contributed by atoms with van der Waals surface area (Å²) in [7, 11) is 0. The third-order valence-corrected chi connectivity index (χ3v) is 3.77. The fourth-order valence-electron chi connectivity index (χ4n) is 2.77. The molecule has 0 spiro atoms. The zero-order valence-corrected chi connectivity index (χ0v) is 12.3. The van der Waals surface area contributed by atoms with E-state index < -0.39 is 0 Å². The predicted molar refractivity (Wildman–Crippen MR) is 83.5 cm³/mol. The number of aromatic nitrogens is 2. The maximum atomic E-state index is 12.1. The second kappa shape index (κ2) is 5.04. The van der Waals surface area contributed by atoms with Crippen LogP contribution in [0.1, 0.15) is 26.7 Å². The number of anilines is 2. The van der Waals surface area contributed by atoms with Crippen molar-refractivity contribution in [2.45, 2.75) is 38.3 Å². The van der Waals surface area contributed by atoms with E-state index >= 15 is 0 Å². The zero-order valence-electron chi connectivity index (χ0n) is 12.3. The standard InChI is InChI=1S/C15H20N4O2/c1-15(2)8-10(5-6-21-15)17-14-18-12-4-3-9(16)7-11(12)13(20)19-14/h3-4,7,10H,5-6,8,16H2,1-2H3,(H2,17,18,19,20). The van der Waals surface area contributed by atoms with Crippen LogP contribution >= 0.6 is 0 Å². The number of nitrogen functional groups attached to an aromatic ring is 1. The molecule has 112 valence electrons. The first-order valence-corrected chi connectivity index (χ1v) is 7.13. The summed E-state index contributed by atoms with van der Waals surface area (Å²) in [6, 6.07) is 5.39. The Morgan fingerprint density at radius 3 is 3.05 bits per heavy atom.